The van der Waals surface area contributed by atoms with Crippen LogP contribution in [0, 0.1) is 11.8 Å². The molecule has 2 aliphatic carbocycles. The first kappa shape index (κ1) is 35.1. The number of anilines is 1. The van der Waals surface area contributed by atoms with Crippen LogP contribution in [0.15, 0.2) is 84.9 Å². The molecule has 0 aliphatic heterocycles. The second-order valence-electron chi connectivity index (χ2n) is 12.2. The lowest BCUT2D eigenvalue weighted by atomic mass is 9.93. The van der Waals surface area contributed by atoms with Gasteiger partial charge >= 0.3 is 11.9 Å². The lowest BCUT2D eigenvalue weighted by Gasteiger charge is -2.11. The monoisotopic (exact) mass is 699 g/mol. The van der Waals surface area contributed by atoms with E-state index in [0.717, 1.165) is 0 Å². The smallest absolute Gasteiger partial charge is 0.339 e. The fourth-order valence-electron chi connectivity index (χ4n) is 6.50. The molecular formula is C40H29NO11. The van der Waals surface area contributed by atoms with Crippen molar-refractivity contribution in [1.82, 2.24) is 0 Å². The molecule has 2 aliphatic rings. The zero-order valence-electron chi connectivity index (χ0n) is 27.8. The van der Waals surface area contributed by atoms with E-state index in [1.807, 2.05) is 0 Å². The molecule has 52 heavy (non-hydrogen) atoms. The van der Waals surface area contributed by atoms with Crippen LogP contribution in [0.5, 0.6) is 0 Å². The number of amides is 1. The molecule has 0 saturated heterocycles. The number of carbonyl (C=O) groups excluding carboxylic acids is 9. The highest BCUT2D eigenvalue weighted by Gasteiger charge is 2.45. The van der Waals surface area contributed by atoms with Gasteiger partial charge in [0, 0.05) is 39.8 Å². The SMILES string of the molecule is COC(=O)c1ccccc1CCCC(=O)C1C(=O)c2ccc(C(=O)c3ccc4c(c3)C(=O)C(C(=O)Nc3ccccc3C(=O)OC)C4=O)cc2C1=O. The summed E-state index contributed by atoms with van der Waals surface area (Å²) < 4.78 is 9.52. The molecule has 4 aromatic rings. The number of fused-ring (bicyclic) bond motifs is 2. The first-order chi connectivity index (χ1) is 25.0. The Morgan fingerprint density at radius 2 is 1.10 bits per heavy atom. The van der Waals surface area contributed by atoms with Crippen LogP contribution in [0.1, 0.15) is 96.5 Å². The second-order valence-corrected chi connectivity index (χ2v) is 12.2. The molecule has 0 heterocycles. The van der Waals surface area contributed by atoms with Crippen molar-refractivity contribution in [3.8, 4) is 0 Å². The van der Waals surface area contributed by atoms with E-state index in [-0.39, 0.29) is 57.5 Å². The summed E-state index contributed by atoms with van der Waals surface area (Å²) in [5, 5.41) is 2.45. The van der Waals surface area contributed by atoms with E-state index >= 15 is 0 Å². The summed E-state index contributed by atoms with van der Waals surface area (Å²) in [6, 6.07) is 20.3. The molecule has 12 nitrogen and oxygen atoms in total. The largest absolute Gasteiger partial charge is 0.465 e. The Kier molecular flexibility index (Phi) is 9.65. The van der Waals surface area contributed by atoms with Crippen molar-refractivity contribution >= 4 is 58.2 Å². The van der Waals surface area contributed by atoms with Gasteiger partial charge in [-0.3, -0.25) is 33.6 Å². The molecule has 0 aromatic heterocycles. The van der Waals surface area contributed by atoms with Crippen LogP contribution < -0.4 is 5.32 Å². The molecular weight excluding hydrogens is 670 g/mol. The molecule has 0 bridgehead atoms. The fraction of sp³-hybridized carbons (Fsp3) is 0.175. The number of hydrogen-bond donors (Lipinski definition) is 1. The molecule has 12 heteroatoms. The minimum absolute atomic E-state index is 0.00199. The molecule has 260 valence electrons. The molecule has 2 unspecified atom stereocenters. The van der Waals surface area contributed by atoms with Crippen molar-refractivity contribution < 1.29 is 52.6 Å². The maximum Gasteiger partial charge on any atom is 0.339 e. The van der Waals surface area contributed by atoms with E-state index in [0.29, 0.717) is 17.5 Å². The molecule has 1 N–H and O–H groups in total. The molecule has 4 aromatic carbocycles. The van der Waals surface area contributed by atoms with E-state index in [4.69, 9.17) is 9.47 Å². The summed E-state index contributed by atoms with van der Waals surface area (Å²) in [5.41, 5.74) is 0.778. The maximum atomic E-state index is 13.6. The van der Waals surface area contributed by atoms with E-state index in [1.54, 1.807) is 36.4 Å². The third-order valence-corrected chi connectivity index (χ3v) is 9.14. The van der Waals surface area contributed by atoms with Crippen molar-refractivity contribution in [3.63, 3.8) is 0 Å². The Labute approximate surface area is 296 Å². The number of para-hydroxylation sites is 1. The fourth-order valence-corrected chi connectivity index (χ4v) is 6.50. The number of hydrogen-bond acceptors (Lipinski definition) is 11. The van der Waals surface area contributed by atoms with Crippen molar-refractivity contribution in [2.75, 3.05) is 19.5 Å². The number of nitrogens with one attached hydrogen (secondary N) is 1. The number of benzene rings is 4. The van der Waals surface area contributed by atoms with Crippen LogP contribution in [-0.2, 0) is 25.5 Å². The van der Waals surface area contributed by atoms with Crippen molar-refractivity contribution in [1.29, 1.82) is 0 Å². The molecule has 0 spiro atoms. The van der Waals surface area contributed by atoms with Gasteiger partial charge in [0.25, 0.3) is 0 Å². The minimum Gasteiger partial charge on any atom is -0.465 e. The Hall–Kier alpha value is -6.69. The molecule has 2 atom stereocenters. The standard InChI is InChI=1S/C40H29NO11/c1-51-39(49)23-10-4-3-8-20(23)9-7-13-30(42)31-34(44)24-16-14-21(18-27(24)36(31)46)33(43)22-15-17-25-28(19-22)37(47)32(35(25)45)38(48)41-29-12-6-5-11-26(29)40(50)52-2/h3-6,8,10-12,14-19,31-32H,7,9,13H2,1-2H3,(H,41,48). The van der Waals surface area contributed by atoms with E-state index in [2.05, 4.69) is 5.32 Å². The van der Waals surface area contributed by atoms with Gasteiger partial charge in [-0.2, -0.15) is 0 Å². The number of carbonyl (C=O) groups is 9. The number of ether oxygens (including phenoxy) is 2. The lowest BCUT2D eigenvalue weighted by Crippen LogP contribution is -2.31. The summed E-state index contributed by atoms with van der Waals surface area (Å²) in [5.74, 6) is -9.76. The molecule has 0 radical (unpaired) electrons. The van der Waals surface area contributed by atoms with Crippen LogP contribution in [-0.4, -0.2) is 66.8 Å². The van der Waals surface area contributed by atoms with Crippen molar-refractivity contribution in [2.45, 2.75) is 19.3 Å². The van der Waals surface area contributed by atoms with E-state index in [1.165, 1.54) is 62.8 Å². The van der Waals surface area contributed by atoms with Crippen LogP contribution in [0.2, 0.25) is 0 Å². The number of ketones is 6. The van der Waals surface area contributed by atoms with Crippen LogP contribution in [0.3, 0.4) is 0 Å². The summed E-state index contributed by atoms with van der Waals surface area (Å²) >= 11 is 0. The Balaban J connectivity index is 1.15. The zero-order chi connectivity index (χ0) is 37.3. The highest BCUT2D eigenvalue weighted by atomic mass is 16.5. The lowest BCUT2D eigenvalue weighted by molar-refractivity contribution is -0.120. The maximum absolute atomic E-state index is 13.6. The van der Waals surface area contributed by atoms with Crippen LogP contribution in [0.4, 0.5) is 5.69 Å². The third kappa shape index (κ3) is 6.26. The number of esters is 2. The van der Waals surface area contributed by atoms with Crippen LogP contribution in [0.25, 0.3) is 0 Å². The van der Waals surface area contributed by atoms with E-state index in [9.17, 15) is 43.2 Å². The highest BCUT2D eigenvalue weighted by molar-refractivity contribution is 6.38. The Morgan fingerprint density at radius 1 is 0.596 bits per heavy atom. The molecule has 6 rings (SSSR count). The zero-order valence-corrected chi connectivity index (χ0v) is 27.8. The minimum atomic E-state index is -1.76. The first-order valence-electron chi connectivity index (χ1n) is 16.1. The molecule has 1 amide bonds. The van der Waals surface area contributed by atoms with Gasteiger partial charge < -0.3 is 14.8 Å². The number of Topliss-reactive ketones (excluding diaryl/α,β-unsaturated/α-hetero) is 5. The Bertz CT molecular complexity index is 2270. The van der Waals surface area contributed by atoms with Gasteiger partial charge in [0.15, 0.2) is 40.6 Å². The van der Waals surface area contributed by atoms with Gasteiger partial charge in [-0.25, -0.2) is 9.59 Å². The second kappa shape index (κ2) is 14.3. The van der Waals surface area contributed by atoms with E-state index < -0.39 is 64.4 Å². The van der Waals surface area contributed by atoms with Gasteiger partial charge in [-0.05, 0) is 60.9 Å². The Morgan fingerprint density at radius 3 is 1.71 bits per heavy atom. The topological polar surface area (TPSA) is 184 Å². The average molecular weight is 700 g/mol. The summed E-state index contributed by atoms with van der Waals surface area (Å²) in [7, 11) is 2.43. The van der Waals surface area contributed by atoms with Gasteiger partial charge in [-0.1, -0.05) is 42.5 Å². The van der Waals surface area contributed by atoms with Gasteiger partial charge in [0.05, 0.1) is 31.0 Å². The number of methoxy groups -OCH3 is 2. The summed E-state index contributed by atoms with van der Waals surface area (Å²) in [4.78, 5) is 117. The van der Waals surface area contributed by atoms with Gasteiger partial charge in [0.1, 0.15) is 5.92 Å². The normalized spacial score (nSPS) is 15.9. The number of rotatable bonds is 11. The van der Waals surface area contributed by atoms with Gasteiger partial charge in [0.2, 0.25) is 5.91 Å². The summed E-state index contributed by atoms with van der Waals surface area (Å²) in [6.07, 6.45) is 0.504. The quantitative estimate of drug-likeness (QED) is 0.130. The van der Waals surface area contributed by atoms with Crippen molar-refractivity contribution in [3.05, 3.63) is 135 Å². The number of aryl methyl sites for hydroxylation is 1. The molecule has 0 fully saturated rings. The first-order valence-corrected chi connectivity index (χ1v) is 16.1. The van der Waals surface area contributed by atoms with Crippen LogP contribution >= 0.6 is 0 Å². The highest BCUT2D eigenvalue weighted by Crippen LogP contribution is 2.33. The summed E-state index contributed by atoms with van der Waals surface area (Å²) in [6.45, 7) is 0. The predicted octanol–water partition coefficient (Wildman–Crippen LogP) is 4.71. The average Bonchev–Trinajstić information content (AvgIpc) is 3.56. The van der Waals surface area contributed by atoms with Gasteiger partial charge in [-0.15, -0.1) is 0 Å². The molecule has 0 saturated carbocycles. The predicted molar refractivity (Wildman–Crippen MR) is 183 cm³/mol. The third-order valence-electron chi connectivity index (χ3n) is 9.14. The van der Waals surface area contributed by atoms with Crippen molar-refractivity contribution in [2.24, 2.45) is 11.8 Å².